The van der Waals surface area contributed by atoms with E-state index in [9.17, 15) is 4.79 Å². The first kappa shape index (κ1) is 10.6. The molecule has 0 unspecified atom stereocenters. The van der Waals surface area contributed by atoms with Gasteiger partial charge < -0.3 is 5.32 Å². The summed E-state index contributed by atoms with van der Waals surface area (Å²) in [7, 11) is 0. The van der Waals surface area contributed by atoms with Crippen LogP contribution in [0.25, 0.3) is 0 Å². The number of fused-ring (bicyclic) bond motifs is 1. The van der Waals surface area contributed by atoms with Crippen LogP contribution >= 0.6 is 47.8 Å². The maximum Gasteiger partial charge on any atom is 0.256 e. The van der Waals surface area contributed by atoms with Crippen LogP contribution in [0.4, 0.5) is 5.69 Å². The molecular weight excluding hydrogens is 378 g/mol. The standard InChI is InChI=1S/C9H6Br3NO/c1-4-2-5(10)3-6-7(4)13-8(14)9(6,11)12/h2-3H,1H3,(H,13,14). The minimum absolute atomic E-state index is 0.0892. The summed E-state index contributed by atoms with van der Waals surface area (Å²) in [6, 6.07) is 3.89. The number of hydrogen-bond acceptors (Lipinski definition) is 1. The van der Waals surface area contributed by atoms with Gasteiger partial charge in [-0.2, -0.15) is 0 Å². The number of alkyl halides is 2. The first-order valence-electron chi connectivity index (χ1n) is 3.93. The van der Waals surface area contributed by atoms with Crippen molar-refractivity contribution in [1.29, 1.82) is 0 Å². The number of benzene rings is 1. The zero-order chi connectivity index (χ0) is 10.5. The van der Waals surface area contributed by atoms with Gasteiger partial charge in [-0.3, -0.25) is 4.79 Å². The van der Waals surface area contributed by atoms with Crippen LogP contribution in [-0.4, -0.2) is 5.91 Å². The van der Waals surface area contributed by atoms with Gasteiger partial charge in [-0.05, 0) is 24.6 Å². The van der Waals surface area contributed by atoms with Crippen molar-refractivity contribution in [3.8, 4) is 0 Å². The summed E-state index contributed by atoms with van der Waals surface area (Å²) in [6.45, 7) is 1.96. The molecule has 2 nitrogen and oxygen atoms in total. The molecule has 0 radical (unpaired) electrons. The molecule has 14 heavy (non-hydrogen) atoms. The average Bonchev–Trinajstić information content (AvgIpc) is 2.28. The second-order valence-electron chi connectivity index (χ2n) is 3.17. The second-order valence-corrected chi connectivity index (χ2v) is 7.53. The molecule has 0 aliphatic carbocycles. The van der Waals surface area contributed by atoms with E-state index < -0.39 is 3.23 Å². The van der Waals surface area contributed by atoms with Crippen LogP contribution in [0.2, 0.25) is 0 Å². The fourth-order valence-corrected chi connectivity index (χ4v) is 2.87. The number of anilines is 1. The number of halogens is 3. The largest absolute Gasteiger partial charge is 0.323 e. The van der Waals surface area contributed by atoms with E-state index in [1.54, 1.807) is 0 Å². The lowest BCUT2D eigenvalue weighted by Crippen LogP contribution is -2.20. The fraction of sp³-hybridized carbons (Fsp3) is 0.222. The van der Waals surface area contributed by atoms with Gasteiger partial charge in [-0.15, -0.1) is 0 Å². The van der Waals surface area contributed by atoms with Gasteiger partial charge in [0.1, 0.15) is 0 Å². The fourth-order valence-electron chi connectivity index (χ4n) is 1.47. The highest BCUT2D eigenvalue weighted by molar-refractivity contribution is 9.25. The first-order chi connectivity index (χ1) is 6.43. The molecule has 0 atom stereocenters. The molecule has 1 aromatic rings. The summed E-state index contributed by atoms with van der Waals surface area (Å²) in [5.41, 5.74) is 2.84. The highest BCUT2D eigenvalue weighted by Gasteiger charge is 2.43. The number of carbonyl (C=O) groups is 1. The Kier molecular flexibility index (Phi) is 2.52. The summed E-state index contributed by atoms with van der Waals surface area (Å²) in [4.78, 5) is 11.6. The van der Waals surface area contributed by atoms with E-state index in [-0.39, 0.29) is 5.91 Å². The van der Waals surface area contributed by atoms with Gasteiger partial charge >= 0.3 is 0 Å². The first-order valence-corrected chi connectivity index (χ1v) is 6.30. The second kappa shape index (κ2) is 3.32. The topological polar surface area (TPSA) is 29.1 Å². The highest BCUT2D eigenvalue weighted by atomic mass is 79.9. The van der Waals surface area contributed by atoms with E-state index in [4.69, 9.17) is 0 Å². The summed E-state index contributed by atoms with van der Waals surface area (Å²) >= 11 is 10.1. The molecule has 1 aliphatic rings. The zero-order valence-corrected chi connectivity index (χ0v) is 12.0. The molecule has 2 rings (SSSR count). The highest BCUT2D eigenvalue weighted by Crippen LogP contribution is 2.49. The molecule has 0 fully saturated rings. The van der Waals surface area contributed by atoms with Gasteiger partial charge in [0.2, 0.25) is 0 Å². The van der Waals surface area contributed by atoms with Gasteiger partial charge in [0.05, 0.1) is 0 Å². The molecule has 0 saturated carbocycles. The van der Waals surface area contributed by atoms with E-state index in [1.807, 2.05) is 19.1 Å². The summed E-state index contributed by atoms with van der Waals surface area (Å²) in [5, 5.41) is 2.83. The predicted octanol–water partition coefficient (Wildman–Crippen LogP) is 3.65. The van der Waals surface area contributed by atoms with Crippen LogP contribution in [0, 0.1) is 6.92 Å². The molecule has 0 bridgehead atoms. The Bertz CT molecular complexity index is 428. The normalized spacial score (nSPS) is 17.9. The van der Waals surface area contributed by atoms with Crippen molar-refractivity contribution >= 4 is 59.4 Å². The Morgan fingerprint density at radius 2 is 2.00 bits per heavy atom. The van der Waals surface area contributed by atoms with Crippen LogP contribution in [0.1, 0.15) is 11.1 Å². The SMILES string of the molecule is Cc1cc(Br)cc2c1NC(=O)C2(Br)Br. The Morgan fingerprint density at radius 3 is 2.64 bits per heavy atom. The lowest BCUT2D eigenvalue weighted by atomic mass is 10.1. The van der Waals surface area contributed by atoms with Gasteiger partial charge in [0.25, 0.3) is 5.91 Å². The number of amides is 1. The zero-order valence-electron chi connectivity index (χ0n) is 7.20. The molecule has 1 aliphatic heterocycles. The Morgan fingerprint density at radius 1 is 1.36 bits per heavy atom. The predicted molar refractivity (Wildman–Crippen MR) is 67.0 cm³/mol. The molecule has 0 saturated heterocycles. The van der Waals surface area contributed by atoms with Crippen molar-refractivity contribution in [3.63, 3.8) is 0 Å². The third kappa shape index (κ3) is 1.46. The Hall–Kier alpha value is 0.130. The quantitative estimate of drug-likeness (QED) is 0.681. The van der Waals surface area contributed by atoms with Crippen LogP contribution in [0.15, 0.2) is 16.6 Å². The van der Waals surface area contributed by atoms with Gasteiger partial charge in [-0.25, -0.2) is 0 Å². The maximum atomic E-state index is 11.6. The average molecular weight is 384 g/mol. The summed E-state index contributed by atoms with van der Waals surface area (Å²) in [6.07, 6.45) is 0. The van der Waals surface area contributed by atoms with Crippen LogP contribution < -0.4 is 5.32 Å². The number of nitrogens with one attached hydrogen (secondary N) is 1. The molecule has 1 aromatic carbocycles. The minimum atomic E-state index is -0.788. The molecular formula is C9H6Br3NO. The van der Waals surface area contributed by atoms with Crippen molar-refractivity contribution in [2.45, 2.75) is 10.2 Å². The van der Waals surface area contributed by atoms with E-state index in [1.165, 1.54) is 0 Å². The van der Waals surface area contributed by atoms with Crippen molar-refractivity contribution in [1.82, 2.24) is 0 Å². The van der Waals surface area contributed by atoms with E-state index in [2.05, 4.69) is 53.1 Å². The molecule has 0 aromatic heterocycles. The van der Waals surface area contributed by atoms with E-state index in [0.29, 0.717) is 0 Å². The van der Waals surface area contributed by atoms with E-state index in [0.717, 1.165) is 21.3 Å². The molecule has 1 heterocycles. The summed E-state index contributed by atoms with van der Waals surface area (Å²) in [5.74, 6) is -0.0892. The minimum Gasteiger partial charge on any atom is -0.323 e. The Balaban J connectivity index is 2.71. The van der Waals surface area contributed by atoms with E-state index >= 15 is 0 Å². The maximum absolute atomic E-state index is 11.6. The third-order valence-electron chi connectivity index (χ3n) is 2.16. The summed E-state index contributed by atoms with van der Waals surface area (Å²) < 4.78 is 0.178. The molecule has 0 spiro atoms. The van der Waals surface area contributed by atoms with Crippen LogP contribution in [0.3, 0.4) is 0 Å². The van der Waals surface area contributed by atoms with Gasteiger partial charge in [-0.1, -0.05) is 47.8 Å². The third-order valence-corrected chi connectivity index (χ3v) is 4.19. The van der Waals surface area contributed by atoms with Crippen molar-refractivity contribution in [2.75, 3.05) is 5.32 Å². The molecule has 74 valence electrons. The van der Waals surface area contributed by atoms with Gasteiger partial charge in [0.15, 0.2) is 3.23 Å². The number of hydrogen-bond donors (Lipinski definition) is 1. The van der Waals surface area contributed by atoms with Crippen molar-refractivity contribution < 1.29 is 4.79 Å². The van der Waals surface area contributed by atoms with Crippen molar-refractivity contribution in [2.24, 2.45) is 0 Å². The lowest BCUT2D eigenvalue weighted by Gasteiger charge is -2.11. The Labute approximate surface area is 107 Å². The number of rotatable bonds is 0. The van der Waals surface area contributed by atoms with Crippen LogP contribution in [-0.2, 0) is 8.03 Å². The molecule has 1 N–H and O–H groups in total. The van der Waals surface area contributed by atoms with Crippen molar-refractivity contribution in [3.05, 3.63) is 27.7 Å². The monoisotopic (exact) mass is 381 g/mol. The lowest BCUT2D eigenvalue weighted by molar-refractivity contribution is -0.115. The molecule has 1 amide bonds. The molecule has 5 heteroatoms. The van der Waals surface area contributed by atoms with Crippen LogP contribution in [0.5, 0.6) is 0 Å². The number of aryl methyl sites for hydroxylation is 1. The van der Waals surface area contributed by atoms with Gasteiger partial charge in [0, 0.05) is 15.7 Å². The number of carbonyl (C=O) groups excluding carboxylic acids is 1. The smallest absolute Gasteiger partial charge is 0.256 e.